The molecule has 0 aromatic rings. The highest BCUT2D eigenvalue weighted by Crippen LogP contribution is 2.10. The van der Waals surface area contributed by atoms with Crippen molar-refractivity contribution in [1.29, 1.82) is 0 Å². The summed E-state index contributed by atoms with van der Waals surface area (Å²) in [6, 6.07) is 0. The zero-order valence-electron chi connectivity index (χ0n) is 15.9. The van der Waals surface area contributed by atoms with Crippen LogP contribution in [0.15, 0.2) is 12.2 Å². The third-order valence-corrected chi connectivity index (χ3v) is 4.57. The number of carbonyl (C=O) groups is 2. The molecule has 0 N–H and O–H groups in total. The van der Waals surface area contributed by atoms with Crippen LogP contribution in [0.4, 0.5) is 0 Å². The average molecular weight is 355 g/mol. The number of carbonyl (C=O) groups excluding carboxylic acids is 2. The maximum atomic E-state index is 11.6. The van der Waals surface area contributed by atoms with Gasteiger partial charge in [0.15, 0.2) is 0 Å². The molecule has 1 fully saturated rings. The van der Waals surface area contributed by atoms with Crippen LogP contribution in [0, 0.1) is 5.92 Å². The number of nitrogens with zero attached hydrogens (tertiary/aromatic N) is 1. The van der Waals surface area contributed by atoms with Crippen molar-refractivity contribution in [2.45, 2.75) is 52.6 Å². The molecule has 1 rings (SSSR count). The van der Waals surface area contributed by atoms with E-state index in [0.29, 0.717) is 12.5 Å². The number of esters is 2. The number of hydrogen-bond acceptors (Lipinski definition) is 6. The van der Waals surface area contributed by atoms with Crippen LogP contribution in [-0.2, 0) is 23.8 Å². The molecule has 144 valence electrons. The zero-order chi connectivity index (χ0) is 18.5. The summed E-state index contributed by atoms with van der Waals surface area (Å²) in [5, 5.41) is 0. The molecule has 1 heterocycles. The minimum atomic E-state index is -0.504. The van der Waals surface area contributed by atoms with E-state index in [1.54, 1.807) is 0 Å². The number of rotatable bonds is 11. The summed E-state index contributed by atoms with van der Waals surface area (Å²) in [6.45, 7) is 11.0. The molecule has 1 aliphatic heterocycles. The van der Waals surface area contributed by atoms with Crippen molar-refractivity contribution in [2.24, 2.45) is 5.92 Å². The van der Waals surface area contributed by atoms with Gasteiger partial charge in [0.1, 0.15) is 6.10 Å². The summed E-state index contributed by atoms with van der Waals surface area (Å²) in [7, 11) is 0. The topological polar surface area (TPSA) is 65.1 Å². The van der Waals surface area contributed by atoms with Gasteiger partial charge in [0, 0.05) is 25.2 Å². The second kappa shape index (κ2) is 12.9. The van der Waals surface area contributed by atoms with Crippen molar-refractivity contribution in [1.82, 2.24) is 4.90 Å². The van der Waals surface area contributed by atoms with E-state index in [9.17, 15) is 9.59 Å². The lowest BCUT2D eigenvalue weighted by atomic mass is 10.0. The Kier molecular flexibility index (Phi) is 11.2. The smallest absolute Gasteiger partial charge is 0.331 e. The van der Waals surface area contributed by atoms with Crippen LogP contribution in [0.3, 0.4) is 0 Å². The van der Waals surface area contributed by atoms with Gasteiger partial charge in [-0.1, -0.05) is 20.3 Å². The molecule has 6 heteroatoms. The number of morpholine rings is 1. The molecule has 0 spiro atoms. The number of ether oxygens (including phenoxy) is 3. The summed E-state index contributed by atoms with van der Waals surface area (Å²) in [5.41, 5.74) is 0. The Hall–Kier alpha value is -1.40. The van der Waals surface area contributed by atoms with Crippen molar-refractivity contribution in [3.63, 3.8) is 0 Å². The van der Waals surface area contributed by atoms with Crippen LogP contribution < -0.4 is 0 Å². The van der Waals surface area contributed by atoms with Crippen molar-refractivity contribution in [2.75, 3.05) is 39.5 Å². The van der Waals surface area contributed by atoms with E-state index in [1.807, 2.05) is 20.8 Å². The summed E-state index contributed by atoms with van der Waals surface area (Å²) in [5.74, 6) is -0.710. The third kappa shape index (κ3) is 10.2. The molecule has 2 unspecified atom stereocenters. The molecule has 0 aromatic carbocycles. The Bertz CT molecular complexity index is 418. The van der Waals surface area contributed by atoms with Gasteiger partial charge in [0.05, 0.1) is 19.8 Å². The van der Waals surface area contributed by atoms with Crippen molar-refractivity contribution in [3.05, 3.63) is 12.2 Å². The lowest BCUT2D eigenvalue weighted by Gasteiger charge is -2.26. The van der Waals surface area contributed by atoms with Crippen LogP contribution in [0.5, 0.6) is 0 Å². The number of hydrogen-bond donors (Lipinski definition) is 0. The molecule has 6 nitrogen and oxygen atoms in total. The van der Waals surface area contributed by atoms with Gasteiger partial charge in [0.25, 0.3) is 0 Å². The fraction of sp³-hybridized carbons (Fsp3) is 0.789. The largest absolute Gasteiger partial charge is 0.463 e. The lowest BCUT2D eigenvalue weighted by Crippen LogP contribution is -2.36. The molecular weight excluding hydrogens is 322 g/mol. The van der Waals surface area contributed by atoms with E-state index in [0.717, 1.165) is 70.7 Å². The van der Waals surface area contributed by atoms with E-state index in [4.69, 9.17) is 14.2 Å². The lowest BCUT2D eigenvalue weighted by molar-refractivity contribution is -0.145. The Morgan fingerprint density at radius 2 is 1.76 bits per heavy atom. The maximum Gasteiger partial charge on any atom is 0.331 e. The normalized spacial score (nSPS) is 18.0. The van der Waals surface area contributed by atoms with Crippen LogP contribution in [0.25, 0.3) is 0 Å². The van der Waals surface area contributed by atoms with Gasteiger partial charge in [-0.3, -0.25) is 4.90 Å². The zero-order valence-corrected chi connectivity index (χ0v) is 15.9. The molecule has 0 amide bonds. The minimum absolute atomic E-state index is 0.162. The van der Waals surface area contributed by atoms with Crippen molar-refractivity contribution in [3.8, 4) is 0 Å². The van der Waals surface area contributed by atoms with Gasteiger partial charge in [0.2, 0.25) is 0 Å². The first-order chi connectivity index (χ1) is 12.0. The predicted molar refractivity (Wildman–Crippen MR) is 96.2 cm³/mol. The van der Waals surface area contributed by atoms with Gasteiger partial charge in [-0.15, -0.1) is 0 Å². The molecule has 0 radical (unpaired) electrons. The molecule has 25 heavy (non-hydrogen) atoms. The summed E-state index contributed by atoms with van der Waals surface area (Å²) < 4.78 is 15.6. The van der Waals surface area contributed by atoms with E-state index >= 15 is 0 Å². The maximum absolute atomic E-state index is 11.6. The van der Waals surface area contributed by atoms with Crippen LogP contribution in [-0.4, -0.2) is 62.4 Å². The SMILES string of the molecule is CCC(C)C(C)OC(=O)/C=C/C(=O)OCCCCCN1CCOCC1. The predicted octanol–water partition coefficient (Wildman–Crippen LogP) is 2.57. The standard InChI is InChI=1S/C19H33NO5/c1-4-16(2)17(3)25-19(22)9-8-18(21)24-13-7-5-6-10-20-11-14-23-15-12-20/h8-9,16-17H,4-7,10-15H2,1-3H3/b9-8+. The van der Waals surface area contributed by atoms with Gasteiger partial charge >= 0.3 is 11.9 Å². The summed E-state index contributed by atoms with van der Waals surface area (Å²) in [6.07, 6.45) is 5.99. The van der Waals surface area contributed by atoms with Gasteiger partial charge in [-0.25, -0.2) is 9.59 Å². The van der Waals surface area contributed by atoms with E-state index in [-0.39, 0.29) is 6.10 Å². The highest BCUT2D eigenvalue weighted by molar-refractivity contribution is 5.91. The Morgan fingerprint density at radius 1 is 1.08 bits per heavy atom. The quantitative estimate of drug-likeness (QED) is 0.322. The fourth-order valence-corrected chi connectivity index (χ4v) is 2.47. The van der Waals surface area contributed by atoms with E-state index in [2.05, 4.69) is 4.90 Å². The number of unbranched alkanes of at least 4 members (excludes halogenated alkanes) is 2. The van der Waals surface area contributed by atoms with E-state index in [1.165, 1.54) is 0 Å². The van der Waals surface area contributed by atoms with Crippen molar-refractivity contribution < 1.29 is 23.8 Å². The van der Waals surface area contributed by atoms with Gasteiger partial charge < -0.3 is 14.2 Å². The van der Waals surface area contributed by atoms with Crippen LogP contribution in [0.1, 0.15) is 46.5 Å². The molecule has 1 aliphatic rings. The molecular formula is C19H33NO5. The highest BCUT2D eigenvalue weighted by Gasteiger charge is 2.14. The second-order valence-corrected chi connectivity index (χ2v) is 6.54. The van der Waals surface area contributed by atoms with Crippen molar-refractivity contribution >= 4 is 11.9 Å². The van der Waals surface area contributed by atoms with Crippen LogP contribution in [0.2, 0.25) is 0 Å². The molecule has 0 aromatic heterocycles. The van der Waals surface area contributed by atoms with Gasteiger partial charge in [-0.2, -0.15) is 0 Å². The first kappa shape index (κ1) is 21.6. The third-order valence-electron chi connectivity index (χ3n) is 4.57. The summed E-state index contributed by atoms with van der Waals surface area (Å²) >= 11 is 0. The summed E-state index contributed by atoms with van der Waals surface area (Å²) in [4.78, 5) is 25.6. The molecule has 0 bridgehead atoms. The molecule has 0 saturated carbocycles. The fourth-order valence-electron chi connectivity index (χ4n) is 2.47. The van der Waals surface area contributed by atoms with Crippen LogP contribution >= 0.6 is 0 Å². The minimum Gasteiger partial charge on any atom is -0.463 e. The average Bonchev–Trinajstić information content (AvgIpc) is 2.62. The monoisotopic (exact) mass is 355 g/mol. The first-order valence-electron chi connectivity index (χ1n) is 9.38. The molecule has 0 aliphatic carbocycles. The molecule has 2 atom stereocenters. The Labute approximate surface area is 151 Å². The second-order valence-electron chi connectivity index (χ2n) is 6.54. The Morgan fingerprint density at radius 3 is 2.44 bits per heavy atom. The van der Waals surface area contributed by atoms with Gasteiger partial charge in [-0.05, 0) is 38.6 Å². The Balaban J connectivity index is 2.04. The molecule has 1 saturated heterocycles. The van der Waals surface area contributed by atoms with E-state index < -0.39 is 11.9 Å². The highest BCUT2D eigenvalue weighted by atomic mass is 16.5. The first-order valence-corrected chi connectivity index (χ1v) is 9.38.